The van der Waals surface area contributed by atoms with Crippen LogP contribution in [0.3, 0.4) is 0 Å². The molecule has 0 saturated heterocycles. The predicted molar refractivity (Wildman–Crippen MR) is 124 cm³/mol. The van der Waals surface area contributed by atoms with Crippen molar-refractivity contribution in [3.8, 4) is 0 Å². The molecule has 0 atom stereocenters. The second-order valence-electron chi connectivity index (χ2n) is 7.55. The number of rotatable bonds is 7. The lowest BCUT2D eigenvalue weighted by atomic mass is 10.2. The number of imidazole rings is 1. The van der Waals surface area contributed by atoms with Crippen LogP contribution in [0, 0.1) is 0 Å². The summed E-state index contributed by atoms with van der Waals surface area (Å²) in [6, 6.07) is 19.7. The summed E-state index contributed by atoms with van der Waals surface area (Å²) < 4.78 is 4.72. The fourth-order valence-corrected chi connectivity index (χ4v) is 3.92. The fourth-order valence-electron chi connectivity index (χ4n) is 3.92. The number of aromatic nitrogens is 4. The van der Waals surface area contributed by atoms with Gasteiger partial charge in [-0.25, -0.2) is 4.79 Å². The quantitative estimate of drug-likeness (QED) is 0.464. The van der Waals surface area contributed by atoms with Crippen molar-refractivity contribution in [2.24, 2.45) is 7.05 Å². The summed E-state index contributed by atoms with van der Waals surface area (Å²) in [4.78, 5) is 33.3. The molecular weight excluding hydrogens is 390 g/mol. The van der Waals surface area contributed by atoms with Gasteiger partial charge in [0, 0.05) is 20.1 Å². The molecule has 160 valence electrons. The maximum absolute atomic E-state index is 13.2. The highest BCUT2D eigenvalue weighted by Crippen LogP contribution is 2.22. The van der Waals surface area contributed by atoms with Gasteiger partial charge in [0.15, 0.2) is 11.2 Å². The van der Waals surface area contributed by atoms with Gasteiger partial charge in [0.25, 0.3) is 5.56 Å². The molecule has 7 nitrogen and oxygen atoms in total. The fraction of sp³-hybridized carbons (Fsp3) is 0.292. The third kappa shape index (κ3) is 3.79. The zero-order chi connectivity index (χ0) is 22.0. The Bertz CT molecular complexity index is 1300. The average molecular weight is 418 g/mol. The van der Waals surface area contributed by atoms with Crippen LogP contribution < -0.4 is 16.1 Å². The topological polar surface area (TPSA) is 65.1 Å². The second kappa shape index (κ2) is 8.63. The van der Waals surface area contributed by atoms with Crippen molar-refractivity contribution < 1.29 is 0 Å². The number of hydrogen-bond acceptors (Lipinski definition) is 4. The van der Waals surface area contributed by atoms with Crippen LogP contribution in [0.15, 0.2) is 70.3 Å². The first-order valence-electron chi connectivity index (χ1n) is 10.6. The van der Waals surface area contributed by atoms with Crippen LogP contribution >= 0.6 is 0 Å². The lowest BCUT2D eigenvalue weighted by molar-refractivity contribution is 0.665. The molecule has 0 spiro atoms. The standard InChI is InChI=1S/C24H27N5O2/c1-4-27(5-2)23-25-21-20(28(23)16-18-12-8-6-9-13-18)22(30)26(3)24(31)29(21)17-19-14-10-7-11-15-19/h6-15H,4-5,16-17H2,1-3H3. The third-order valence-corrected chi connectivity index (χ3v) is 5.62. The SMILES string of the molecule is CCN(CC)c1nc2c(c(=O)n(C)c(=O)n2Cc2ccccc2)n1Cc1ccccc1. The highest BCUT2D eigenvalue weighted by atomic mass is 16.2. The first kappa shape index (κ1) is 20.7. The Kier molecular flexibility index (Phi) is 5.75. The molecule has 2 heterocycles. The minimum Gasteiger partial charge on any atom is -0.343 e. The summed E-state index contributed by atoms with van der Waals surface area (Å²) in [7, 11) is 1.53. The van der Waals surface area contributed by atoms with Gasteiger partial charge in [-0.2, -0.15) is 4.98 Å². The van der Waals surface area contributed by atoms with Crippen LogP contribution in [0.4, 0.5) is 5.95 Å². The smallest absolute Gasteiger partial charge is 0.332 e. The van der Waals surface area contributed by atoms with Gasteiger partial charge in [0.2, 0.25) is 5.95 Å². The molecule has 0 bridgehead atoms. The molecule has 0 fully saturated rings. The lowest BCUT2D eigenvalue weighted by Crippen LogP contribution is -2.39. The summed E-state index contributed by atoms with van der Waals surface area (Å²) in [6.07, 6.45) is 0. The molecule has 0 N–H and O–H groups in total. The van der Waals surface area contributed by atoms with Crippen molar-refractivity contribution in [3.05, 3.63) is 92.6 Å². The molecule has 7 heteroatoms. The summed E-state index contributed by atoms with van der Waals surface area (Å²) in [5.74, 6) is 0.702. The minimum absolute atomic E-state index is 0.328. The number of anilines is 1. The highest BCUT2D eigenvalue weighted by molar-refractivity contribution is 5.75. The Hall–Kier alpha value is -3.61. The third-order valence-electron chi connectivity index (χ3n) is 5.62. The van der Waals surface area contributed by atoms with Gasteiger partial charge in [-0.1, -0.05) is 60.7 Å². The number of fused-ring (bicyclic) bond motifs is 1. The van der Waals surface area contributed by atoms with Crippen molar-refractivity contribution in [1.29, 1.82) is 0 Å². The Morgan fingerprint density at radius 2 is 1.32 bits per heavy atom. The van der Waals surface area contributed by atoms with Crippen molar-refractivity contribution >= 4 is 17.1 Å². The van der Waals surface area contributed by atoms with E-state index in [1.165, 1.54) is 11.6 Å². The van der Waals surface area contributed by atoms with Crippen molar-refractivity contribution in [2.75, 3.05) is 18.0 Å². The molecule has 0 radical (unpaired) electrons. The monoisotopic (exact) mass is 417 g/mol. The van der Waals surface area contributed by atoms with E-state index < -0.39 is 0 Å². The molecule has 0 aliphatic carbocycles. The van der Waals surface area contributed by atoms with Crippen LogP contribution in [-0.2, 0) is 20.1 Å². The van der Waals surface area contributed by atoms with E-state index in [1.807, 2.05) is 65.2 Å². The predicted octanol–water partition coefficient (Wildman–Crippen LogP) is 2.84. The van der Waals surface area contributed by atoms with Gasteiger partial charge in [0.1, 0.15) is 0 Å². The molecule has 2 aromatic heterocycles. The van der Waals surface area contributed by atoms with Gasteiger partial charge in [-0.3, -0.25) is 18.5 Å². The normalized spacial score (nSPS) is 11.2. The van der Waals surface area contributed by atoms with E-state index in [0.717, 1.165) is 24.2 Å². The van der Waals surface area contributed by atoms with Crippen LogP contribution in [0.25, 0.3) is 11.2 Å². The molecule has 0 saturated carbocycles. The first-order chi connectivity index (χ1) is 15.0. The van der Waals surface area contributed by atoms with Gasteiger partial charge in [-0.05, 0) is 25.0 Å². The van der Waals surface area contributed by atoms with Gasteiger partial charge >= 0.3 is 5.69 Å². The largest absolute Gasteiger partial charge is 0.343 e. The average Bonchev–Trinajstić information content (AvgIpc) is 3.16. The molecule has 0 aliphatic heterocycles. The Labute approximate surface area is 180 Å². The van der Waals surface area contributed by atoms with Gasteiger partial charge in [0.05, 0.1) is 13.1 Å². The second-order valence-corrected chi connectivity index (χ2v) is 7.55. The van der Waals surface area contributed by atoms with Crippen LogP contribution in [0.5, 0.6) is 0 Å². The van der Waals surface area contributed by atoms with Crippen LogP contribution in [0.1, 0.15) is 25.0 Å². The molecule has 0 unspecified atom stereocenters. The maximum Gasteiger partial charge on any atom is 0.332 e. The zero-order valence-corrected chi connectivity index (χ0v) is 18.2. The highest BCUT2D eigenvalue weighted by Gasteiger charge is 2.23. The van der Waals surface area contributed by atoms with Crippen molar-refractivity contribution in [2.45, 2.75) is 26.9 Å². The number of hydrogen-bond donors (Lipinski definition) is 0. The summed E-state index contributed by atoms with van der Waals surface area (Å²) >= 11 is 0. The molecule has 4 aromatic rings. The summed E-state index contributed by atoms with van der Waals surface area (Å²) in [5.41, 5.74) is 2.23. The molecule has 2 aromatic carbocycles. The summed E-state index contributed by atoms with van der Waals surface area (Å²) in [6.45, 7) is 6.47. The van der Waals surface area contributed by atoms with Crippen LogP contribution in [-0.4, -0.2) is 31.8 Å². The molecule has 0 aliphatic rings. The van der Waals surface area contributed by atoms with Crippen molar-refractivity contribution in [1.82, 2.24) is 18.7 Å². The van der Waals surface area contributed by atoms with Gasteiger partial charge < -0.3 is 4.90 Å². The van der Waals surface area contributed by atoms with E-state index in [4.69, 9.17) is 4.98 Å². The number of benzene rings is 2. The summed E-state index contributed by atoms with van der Waals surface area (Å²) in [5, 5.41) is 0. The first-order valence-corrected chi connectivity index (χ1v) is 10.6. The molecule has 31 heavy (non-hydrogen) atoms. The van der Waals surface area contributed by atoms with E-state index in [9.17, 15) is 9.59 Å². The molecule has 4 rings (SSSR count). The molecule has 0 amide bonds. The Balaban J connectivity index is 2.01. The number of nitrogens with zero attached hydrogens (tertiary/aromatic N) is 5. The Morgan fingerprint density at radius 1 is 0.806 bits per heavy atom. The lowest BCUT2D eigenvalue weighted by Gasteiger charge is -2.21. The zero-order valence-electron chi connectivity index (χ0n) is 18.2. The van der Waals surface area contributed by atoms with E-state index in [1.54, 1.807) is 4.57 Å². The van der Waals surface area contributed by atoms with E-state index in [0.29, 0.717) is 30.2 Å². The van der Waals surface area contributed by atoms with E-state index in [-0.39, 0.29) is 11.2 Å². The van der Waals surface area contributed by atoms with E-state index in [2.05, 4.69) is 18.7 Å². The van der Waals surface area contributed by atoms with E-state index >= 15 is 0 Å². The van der Waals surface area contributed by atoms with Crippen LogP contribution in [0.2, 0.25) is 0 Å². The van der Waals surface area contributed by atoms with Crippen molar-refractivity contribution in [3.63, 3.8) is 0 Å². The molecular formula is C24H27N5O2. The minimum atomic E-state index is -0.364. The van der Waals surface area contributed by atoms with Gasteiger partial charge in [-0.15, -0.1) is 0 Å². The Morgan fingerprint density at radius 3 is 1.84 bits per heavy atom. The maximum atomic E-state index is 13.2.